The van der Waals surface area contributed by atoms with Gasteiger partial charge in [0.05, 0.1) is 5.02 Å². The predicted molar refractivity (Wildman–Crippen MR) is 90.6 cm³/mol. The summed E-state index contributed by atoms with van der Waals surface area (Å²) in [6, 6.07) is 13.3. The van der Waals surface area contributed by atoms with Gasteiger partial charge in [-0.05, 0) is 17.7 Å². The Bertz CT molecular complexity index is 781. The minimum absolute atomic E-state index is 0.0826. The normalized spacial score (nSPS) is 22.0. The lowest BCUT2D eigenvalue weighted by Gasteiger charge is -2.17. The number of hydrogen-bond donors (Lipinski definition) is 1. The van der Waals surface area contributed by atoms with Gasteiger partial charge in [0.1, 0.15) is 0 Å². The van der Waals surface area contributed by atoms with Gasteiger partial charge in [-0.2, -0.15) is 0 Å². The van der Waals surface area contributed by atoms with E-state index in [1.54, 1.807) is 17.0 Å². The molecule has 1 amide bonds. The molecule has 4 rings (SSSR count). The van der Waals surface area contributed by atoms with Crippen LogP contribution in [0.25, 0.3) is 0 Å². The second-order valence-electron chi connectivity index (χ2n) is 6.08. The number of rotatable bonds is 2. The van der Waals surface area contributed by atoms with Crippen molar-refractivity contribution in [1.82, 2.24) is 4.90 Å². The summed E-state index contributed by atoms with van der Waals surface area (Å²) in [4.78, 5) is 14.6. The summed E-state index contributed by atoms with van der Waals surface area (Å²) in [6.07, 6.45) is 0. The Hall–Kier alpha value is -2.24. The number of halogens is 1. The first-order valence-electron chi connectivity index (χ1n) is 7.82. The molecule has 0 aliphatic carbocycles. The van der Waals surface area contributed by atoms with Crippen LogP contribution in [0.1, 0.15) is 21.8 Å². The third kappa shape index (κ3) is 2.60. The van der Waals surface area contributed by atoms with Crippen LogP contribution in [-0.4, -0.2) is 36.7 Å². The lowest BCUT2D eigenvalue weighted by molar-refractivity contribution is 0.0788. The molecule has 2 aliphatic rings. The second kappa shape index (κ2) is 6.00. The molecule has 2 heterocycles. The molecular formula is C18H17ClN2O3. The van der Waals surface area contributed by atoms with Gasteiger partial charge in [-0.3, -0.25) is 4.79 Å². The number of nitrogens with two attached hydrogens (primary N) is 1. The van der Waals surface area contributed by atoms with Crippen LogP contribution in [0.5, 0.6) is 11.5 Å². The molecule has 0 unspecified atom stereocenters. The molecule has 1 fully saturated rings. The van der Waals surface area contributed by atoms with Crippen molar-refractivity contribution < 1.29 is 14.3 Å². The van der Waals surface area contributed by atoms with E-state index in [9.17, 15) is 4.79 Å². The van der Waals surface area contributed by atoms with Gasteiger partial charge in [-0.1, -0.05) is 41.9 Å². The summed E-state index contributed by atoms with van der Waals surface area (Å²) in [5.74, 6) is 1.05. The van der Waals surface area contributed by atoms with E-state index in [0.29, 0.717) is 35.2 Å². The number of amides is 1. The van der Waals surface area contributed by atoms with Gasteiger partial charge < -0.3 is 20.1 Å². The molecule has 2 aromatic carbocycles. The molecule has 124 valence electrons. The third-order valence-corrected chi connectivity index (χ3v) is 4.83. The van der Waals surface area contributed by atoms with Crippen LogP contribution in [0, 0.1) is 0 Å². The SMILES string of the molecule is N[C@@H]1CN(C(=O)c2cc(Cl)c3c(c2)OCO3)C[C@H]1c1ccccc1. The van der Waals surface area contributed by atoms with Crippen molar-refractivity contribution in [1.29, 1.82) is 0 Å². The van der Waals surface area contributed by atoms with Crippen LogP contribution in [0.2, 0.25) is 5.02 Å². The van der Waals surface area contributed by atoms with E-state index in [0.717, 1.165) is 5.56 Å². The third-order valence-electron chi connectivity index (χ3n) is 4.55. The fraction of sp³-hybridized carbons (Fsp3) is 0.278. The Morgan fingerprint density at radius 1 is 1.17 bits per heavy atom. The zero-order valence-corrected chi connectivity index (χ0v) is 13.7. The molecule has 1 saturated heterocycles. The van der Waals surface area contributed by atoms with Crippen LogP contribution in [0.3, 0.4) is 0 Å². The number of benzene rings is 2. The standard InChI is InChI=1S/C18H17ClN2O3/c19-14-6-12(7-16-17(14)24-10-23-16)18(22)21-8-13(15(20)9-21)11-4-2-1-3-5-11/h1-7,13,15H,8-10,20H2/t13-,15+/m0/s1. The van der Waals surface area contributed by atoms with E-state index < -0.39 is 0 Å². The fourth-order valence-corrected chi connectivity index (χ4v) is 3.59. The van der Waals surface area contributed by atoms with E-state index in [4.69, 9.17) is 26.8 Å². The van der Waals surface area contributed by atoms with Gasteiger partial charge in [0.15, 0.2) is 11.5 Å². The van der Waals surface area contributed by atoms with E-state index in [1.807, 2.05) is 18.2 Å². The minimum Gasteiger partial charge on any atom is -0.454 e. The number of ether oxygens (including phenoxy) is 2. The summed E-state index contributed by atoms with van der Waals surface area (Å²) in [5, 5.41) is 0.386. The quantitative estimate of drug-likeness (QED) is 0.909. The van der Waals surface area contributed by atoms with Crippen LogP contribution in [-0.2, 0) is 0 Å². The Kier molecular flexibility index (Phi) is 3.82. The van der Waals surface area contributed by atoms with E-state index >= 15 is 0 Å². The largest absolute Gasteiger partial charge is 0.454 e. The number of likely N-dealkylation sites (tertiary alicyclic amines) is 1. The van der Waals surface area contributed by atoms with Crippen molar-refractivity contribution in [3.63, 3.8) is 0 Å². The highest BCUT2D eigenvalue weighted by atomic mass is 35.5. The van der Waals surface area contributed by atoms with Crippen molar-refractivity contribution in [3.8, 4) is 11.5 Å². The number of carbonyl (C=O) groups excluding carboxylic acids is 1. The number of carbonyl (C=O) groups is 1. The number of fused-ring (bicyclic) bond motifs is 1. The zero-order chi connectivity index (χ0) is 16.7. The average Bonchev–Trinajstić information content (AvgIpc) is 3.21. The Morgan fingerprint density at radius 2 is 1.96 bits per heavy atom. The molecule has 0 radical (unpaired) electrons. The van der Waals surface area contributed by atoms with Crippen molar-refractivity contribution in [2.24, 2.45) is 5.73 Å². The van der Waals surface area contributed by atoms with Gasteiger partial charge in [0.2, 0.25) is 6.79 Å². The Morgan fingerprint density at radius 3 is 2.75 bits per heavy atom. The van der Waals surface area contributed by atoms with E-state index in [1.165, 1.54) is 0 Å². The van der Waals surface area contributed by atoms with Gasteiger partial charge in [0, 0.05) is 30.6 Å². The highest BCUT2D eigenvalue weighted by molar-refractivity contribution is 6.32. The maximum absolute atomic E-state index is 12.8. The number of hydrogen-bond acceptors (Lipinski definition) is 4. The summed E-state index contributed by atoms with van der Waals surface area (Å²) in [7, 11) is 0. The lowest BCUT2D eigenvalue weighted by atomic mass is 9.95. The van der Waals surface area contributed by atoms with Crippen LogP contribution >= 0.6 is 11.6 Å². The van der Waals surface area contributed by atoms with E-state index in [-0.39, 0.29) is 24.7 Å². The van der Waals surface area contributed by atoms with Gasteiger partial charge in [-0.15, -0.1) is 0 Å². The second-order valence-corrected chi connectivity index (χ2v) is 6.49. The lowest BCUT2D eigenvalue weighted by Crippen LogP contribution is -2.32. The highest BCUT2D eigenvalue weighted by Crippen LogP contribution is 2.40. The summed E-state index contributed by atoms with van der Waals surface area (Å²) >= 11 is 6.18. The summed E-state index contributed by atoms with van der Waals surface area (Å²) in [5.41, 5.74) is 7.92. The Balaban J connectivity index is 1.57. The van der Waals surface area contributed by atoms with Crippen LogP contribution < -0.4 is 15.2 Å². The molecule has 2 atom stereocenters. The number of nitrogens with zero attached hydrogens (tertiary/aromatic N) is 1. The molecule has 0 aromatic heterocycles. The van der Waals surface area contributed by atoms with Gasteiger partial charge >= 0.3 is 0 Å². The smallest absolute Gasteiger partial charge is 0.254 e. The molecule has 0 saturated carbocycles. The first kappa shape index (κ1) is 15.3. The molecule has 0 bridgehead atoms. The van der Waals surface area contributed by atoms with Crippen LogP contribution in [0.4, 0.5) is 0 Å². The summed E-state index contributed by atoms with van der Waals surface area (Å²) < 4.78 is 10.6. The average molecular weight is 345 g/mol. The maximum Gasteiger partial charge on any atom is 0.254 e. The molecule has 6 heteroatoms. The first-order chi connectivity index (χ1) is 11.6. The molecule has 5 nitrogen and oxygen atoms in total. The molecule has 0 spiro atoms. The molecule has 2 N–H and O–H groups in total. The fourth-order valence-electron chi connectivity index (χ4n) is 3.32. The molecule has 2 aliphatic heterocycles. The van der Waals surface area contributed by atoms with Crippen LogP contribution in [0.15, 0.2) is 42.5 Å². The van der Waals surface area contributed by atoms with Crippen molar-refractivity contribution in [2.75, 3.05) is 19.9 Å². The molecule has 2 aromatic rings. The van der Waals surface area contributed by atoms with Crippen molar-refractivity contribution >= 4 is 17.5 Å². The highest BCUT2D eigenvalue weighted by Gasteiger charge is 2.35. The van der Waals surface area contributed by atoms with Gasteiger partial charge in [-0.25, -0.2) is 0 Å². The first-order valence-corrected chi connectivity index (χ1v) is 8.20. The predicted octanol–water partition coefficient (Wildman–Crippen LogP) is 2.64. The van der Waals surface area contributed by atoms with Gasteiger partial charge in [0.25, 0.3) is 5.91 Å². The van der Waals surface area contributed by atoms with Crippen molar-refractivity contribution in [2.45, 2.75) is 12.0 Å². The molecular weight excluding hydrogens is 328 g/mol. The maximum atomic E-state index is 12.8. The minimum atomic E-state index is -0.0934. The van der Waals surface area contributed by atoms with Crippen molar-refractivity contribution in [3.05, 3.63) is 58.6 Å². The zero-order valence-electron chi connectivity index (χ0n) is 12.9. The monoisotopic (exact) mass is 344 g/mol. The topological polar surface area (TPSA) is 64.8 Å². The Labute approximate surface area is 144 Å². The summed E-state index contributed by atoms with van der Waals surface area (Å²) in [6.45, 7) is 1.23. The molecule has 24 heavy (non-hydrogen) atoms. The van der Waals surface area contributed by atoms with E-state index in [2.05, 4.69) is 12.1 Å².